The summed E-state index contributed by atoms with van der Waals surface area (Å²) in [6.45, 7) is 0.0168. The Hall–Kier alpha value is -3.23. The van der Waals surface area contributed by atoms with Crippen LogP contribution >= 0.6 is 0 Å². The van der Waals surface area contributed by atoms with Crippen LogP contribution in [0.25, 0.3) is 10.9 Å². The first-order valence-corrected chi connectivity index (χ1v) is 7.65. The molecule has 25 heavy (non-hydrogen) atoms. The van der Waals surface area contributed by atoms with Crippen molar-refractivity contribution >= 4 is 28.8 Å². The van der Waals surface area contributed by atoms with Gasteiger partial charge in [-0.2, -0.15) is 0 Å². The Morgan fingerprint density at radius 3 is 2.84 bits per heavy atom. The van der Waals surface area contributed by atoms with Gasteiger partial charge in [-0.15, -0.1) is 0 Å². The highest BCUT2D eigenvalue weighted by molar-refractivity contribution is 5.99. The van der Waals surface area contributed by atoms with E-state index in [1.807, 2.05) is 0 Å². The van der Waals surface area contributed by atoms with Gasteiger partial charge in [-0.3, -0.25) is 24.3 Å². The number of fused-ring (bicyclic) bond motifs is 1. The second kappa shape index (κ2) is 6.34. The third-order valence-corrected chi connectivity index (χ3v) is 4.18. The summed E-state index contributed by atoms with van der Waals surface area (Å²) in [6, 6.07) is 4.18. The molecule has 9 heteroatoms. The van der Waals surface area contributed by atoms with Gasteiger partial charge in [-0.1, -0.05) is 12.1 Å². The van der Waals surface area contributed by atoms with E-state index in [4.69, 9.17) is 5.11 Å². The van der Waals surface area contributed by atoms with Crippen LogP contribution in [0.15, 0.2) is 29.3 Å². The predicted octanol–water partition coefficient (Wildman–Crippen LogP) is 0.484. The fourth-order valence-electron chi connectivity index (χ4n) is 2.87. The minimum absolute atomic E-state index is 0.0168. The van der Waals surface area contributed by atoms with Crippen molar-refractivity contribution in [2.45, 2.75) is 25.4 Å². The number of piperidine rings is 1. The standard InChI is InChI=1S/C16H16N4O5/c1-19(16(24)25)7-9-3-2-4-10-13(9)15(23)20(8-17-10)11-5-6-12(21)18-14(11)22/h2-4,8,11H,5-7H2,1H3,(H,24,25)(H,18,21,22). The van der Waals surface area contributed by atoms with Crippen molar-refractivity contribution < 1.29 is 19.5 Å². The quantitative estimate of drug-likeness (QED) is 0.781. The molecule has 1 aliphatic heterocycles. The van der Waals surface area contributed by atoms with E-state index in [0.717, 1.165) is 4.90 Å². The molecular formula is C16H16N4O5. The van der Waals surface area contributed by atoms with Gasteiger partial charge in [0.05, 0.1) is 17.2 Å². The first-order chi connectivity index (χ1) is 11.9. The Morgan fingerprint density at radius 2 is 2.16 bits per heavy atom. The maximum Gasteiger partial charge on any atom is 0.407 e. The molecule has 9 nitrogen and oxygen atoms in total. The third-order valence-electron chi connectivity index (χ3n) is 4.18. The molecule has 2 aromatic rings. The number of hydrogen-bond acceptors (Lipinski definition) is 5. The topological polar surface area (TPSA) is 122 Å². The number of carbonyl (C=O) groups is 3. The van der Waals surface area contributed by atoms with Crippen LogP contribution in [0, 0.1) is 0 Å². The largest absolute Gasteiger partial charge is 0.465 e. The molecule has 3 rings (SSSR count). The zero-order chi connectivity index (χ0) is 18.1. The molecule has 0 saturated carbocycles. The monoisotopic (exact) mass is 344 g/mol. The van der Waals surface area contributed by atoms with E-state index >= 15 is 0 Å². The van der Waals surface area contributed by atoms with Crippen molar-refractivity contribution in [3.05, 3.63) is 40.4 Å². The first-order valence-electron chi connectivity index (χ1n) is 7.65. The van der Waals surface area contributed by atoms with Crippen LogP contribution < -0.4 is 10.9 Å². The molecule has 1 aliphatic rings. The van der Waals surface area contributed by atoms with E-state index in [9.17, 15) is 19.2 Å². The fourth-order valence-corrected chi connectivity index (χ4v) is 2.87. The Balaban J connectivity index is 2.09. The summed E-state index contributed by atoms with van der Waals surface area (Å²) < 4.78 is 1.20. The molecule has 0 bridgehead atoms. The molecule has 1 unspecified atom stereocenters. The molecule has 0 aliphatic carbocycles. The molecule has 2 heterocycles. The lowest BCUT2D eigenvalue weighted by atomic mass is 10.0. The van der Waals surface area contributed by atoms with E-state index in [1.54, 1.807) is 18.2 Å². The van der Waals surface area contributed by atoms with Gasteiger partial charge >= 0.3 is 6.09 Å². The molecule has 0 radical (unpaired) electrons. The molecule has 1 atom stereocenters. The van der Waals surface area contributed by atoms with Crippen LogP contribution in [0.1, 0.15) is 24.4 Å². The average Bonchev–Trinajstić information content (AvgIpc) is 2.56. The summed E-state index contributed by atoms with van der Waals surface area (Å²) >= 11 is 0. The Labute approximate surface area is 141 Å². The highest BCUT2D eigenvalue weighted by atomic mass is 16.4. The van der Waals surface area contributed by atoms with Crippen molar-refractivity contribution in [1.29, 1.82) is 0 Å². The van der Waals surface area contributed by atoms with Crippen LogP contribution in [-0.4, -0.2) is 44.5 Å². The SMILES string of the molecule is CN(Cc1cccc2ncn(C3CCC(=O)NC3=O)c(=O)c12)C(=O)O. The second-order valence-electron chi connectivity index (χ2n) is 5.87. The van der Waals surface area contributed by atoms with Gasteiger partial charge < -0.3 is 10.0 Å². The zero-order valence-electron chi connectivity index (χ0n) is 13.4. The van der Waals surface area contributed by atoms with Crippen LogP contribution in [0.2, 0.25) is 0 Å². The second-order valence-corrected chi connectivity index (χ2v) is 5.87. The number of aromatic nitrogens is 2. The molecule has 0 spiro atoms. The van der Waals surface area contributed by atoms with Crippen LogP contribution in [0.4, 0.5) is 4.79 Å². The summed E-state index contributed by atoms with van der Waals surface area (Å²) in [7, 11) is 1.40. The molecule has 1 aromatic carbocycles. The van der Waals surface area contributed by atoms with Crippen molar-refractivity contribution in [2.24, 2.45) is 0 Å². The predicted molar refractivity (Wildman–Crippen MR) is 86.9 cm³/mol. The first kappa shape index (κ1) is 16.6. The number of nitrogens with zero attached hydrogens (tertiary/aromatic N) is 3. The lowest BCUT2D eigenvalue weighted by Crippen LogP contribution is -2.44. The van der Waals surface area contributed by atoms with Crippen molar-refractivity contribution in [3.8, 4) is 0 Å². The highest BCUT2D eigenvalue weighted by Gasteiger charge is 2.29. The summed E-state index contributed by atoms with van der Waals surface area (Å²) in [4.78, 5) is 52.6. The van der Waals surface area contributed by atoms with E-state index in [2.05, 4.69) is 10.3 Å². The number of benzene rings is 1. The maximum atomic E-state index is 12.9. The Morgan fingerprint density at radius 1 is 1.40 bits per heavy atom. The van der Waals surface area contributed by atoms with E-state index < -0.39 is 23.6 Å². The van der Waals surface area contributed by atoms with Crippen molar-refractivity contribution in [1.82, 2.24) is 19.8 Å². The van der Waals surface area contributed by atoms with E-state index in [0.29, 0.717) is 11.1 Å². The number of amides is 3. The lowest BCUT2D eigenvalue weighted by Gasteiger charge is -2.23. The molecule has 1 aromatic heterocycles. The average molecular weight is 344 g/mol. The minimum atomic E-state index is -1.12. The van der Waals surface area contributed by atoms with Crippen molar-refractivity contribution in [2.75, 3.05) is 7.05 Å². The third kappa shape index (κ3) is 3.08. The number of imide groups is 1. The van der Waals surface area contributed by atoms with E-state index in [-0.39, 0.29) is 30.7 Å². The molecule has 2 N–H and O–H groups in total. The summed E-state index contributed by atoms with van der Waals surface area (Å²) in [6.07, 6.45) is 0.528. The Kier molecular flexibility index (Phi) is 4.22. The van der Waals surface area contributed by atoms with Gasteiger partial charge in [0.25, 0.3) is 5.56 Å². The lowest BCUT2D eigenvalue weighted by molar-refractivity contribution is -0.135. The number of carbonyl (C=O) groups excluding carboxylic acids is 2. The van der Waals surface area contributed by atoms with Gasteiger partial charge in [0.2, 0.25) is 11.8 Å². The normalized spacial score (nSPS) is 17.4. The molecular weight excluding hydrogens is 328 g/mol. The van der Waals surface area contributed by atoms with Gasteiger partial charge in [0, 0.05) is 20.0 Å². The number of nitrogens with one attached hydrogen (secondary N) is 1. The van der Waals surface area contributed by atoms with Gasteiger partial charge in [-0.05, 0) is 18.1 Å². The number of rotatable bonds is 3. The van der Waals surface area contributed by atoms with Gasteiger partial charge in [0.15, 0.2) is 0 Å². The fraction of sp³-hybridized carbons (Fsp3) is 0.312. The van der Waals surface area contributed by atoms with E-state index in [1.165, 1.54) is 17.9 Å². The smallest absolute Gasteiger partial charge is 0.407 e. The maximum absolute atomic E-state index is 12.9. The summed E-state index contributed by atoms with van der Waals surface area (Å²) in [5, 5.41) is 11.5. The van der Waals surface area contributed by atoms with Gasteiger partial charge in [0.1, 0.15) is 6.04 Å². The molecule has 1 fully saturated rings. The number of carboxylic acid groups (broad SMARTS) is 1. The molecule has 130 valence electrons. The van der Waals surface area contributed by atoms with Crippen molar-refractivity contribution in [3.63, 3.8) is 0 Å². The highest BCUT2D eigenvalue weighted by Crippen LogP contribution is 2.19. The summed E-state index contributed by atoms with van der Waals surface area (Å²) in [5.41, 5.74) is 0.486. The van der Waals surface area contributed by atoms with Crippen LogP contribution in [-0.2, 0) is 16.1 Å². The van der Waals surface area contributed by atoms with Crippen LogP contribution in [0.3, 0.4) is 0 Å². The Bertz CT molecular complexity index is 936. The summed E-state index contributed by atoms with van der Waals surface area (Å²) in [5.74, 6) is -0.911. The van der Waals surface area contributed by atoms with Crippen LogP contribution in [0.5, 0.6) is 0 Å². The number of hydrogen-bond donors (Lipinski definition) is 2. The minimum Gasteiger partial charge on any atom is -0.465 e. The van der Waals surface area contributed by atoms with Gasteiger partial charge in [-0.25, -0.2) is 9.78 Å². The molecule has 1 saturated heterocycles. The molecule has 3 amide bonds. The zero-order valence-corrected chi connectivity index (χ0v) is 13.4.